The summed E-state index contributed by atoms with van der Waals surface area (Å²) < 4.78 is 24.1. The predicted octanol–water partition coefficient (Wildman–Crippen LogP) is 4.64. The number of carbonyl (C=O) groups excluding carboxylic acids is 1. The van der Waals surface area contributed by atoms with Gasteiger partial charge in [-0.15, -0.1) is 5.10 Å². The number of hydrogen-bond acceptors (Lipinski definition) is 8. The monoisotopic (exact) mass is 505 g/mol. The molecule has 0 atom stereocenters. The van der Waals surface area contributed by atoms with Crippen molar-refractivity contribution in [1.82, 2.24) is 15.0 Å². The van der Waals surface area contributed by atoms with Crippen LogP contribution in [0.15, 0.2) is 36.4 Å². The number of carbonyl (C=O) groups is 2. The number of aryl methyl sites for hydroxylation is 2. The van der Waals surface area contributed by atoms with E-state index in [2.05, 4.69) is 10.3 Å². The van der Waals surface area contributed by atoms with Gasteiger partial charge in [0.25, 0.3) is 0 Å². The number of methoxy groups -OCH3 is 2. The normalized spacial score (nSPS) is 10.9. The lowest BCUT2D eigenvalue weighted by Gasteiger charge is -2.19. The third kappa shape index (κ3) is 4.65. The average molecular weight is 506 g/mol. The van der Waals surface area contributed by atoms with E-state index in [0.29, 0.717) is 39.3 Å². The zero-order chi connectivity index (χ0) is 26.9. The molecule has 37 heavy (non-hydrogen) atoms. The van der Waals surface area contributed by atoms with Crippen LogP contribution in [0.3, 0.4) is 0 Å². The van der Waals surface area contributed by atoms with Crippen molar-refractivity contribution in [2.75, 3.05) is 14.2 Å². The number of aromatic carboxylic acids is 1. The number of benzene rings is 3. The van der Waals surface area contributed by atoms with Crippen LogP contribution in [0.25, 0.3) is 11.0 Å². The molecule has 4 rings (SSSR count). The number of carboxylic acid groups (broad SMARTS) is 1. The van der Waals surface area contributed by atoms with E-state index in [1.165, 1.54) is 17.9 Å². The number of ether oxygens (including phenoxy) is 4. The Labute approximate surface area is 213 Å². The Bertz CT molecular complexity index is 1520. The van der Waals surface area contributed by atoms with E-state index in [1.54, 1.807) is 40.9 Å². The van der Waals surface area contributed by atoms with Gasteiger partial charge in [-0.05, 0) is 63.1 Å². The van der Waals surface area contributed by atoms with Gasteiger partial charge in [-0.2, -0.15) is 0 Å². The molecule has 0 spiro atoms. The molecule has 0 amide bonds. The number of carboxylic acids is 1. The van der Waals surface area contributed by atoms with Gasteiger partial charge >= 0.3 is 11.9 Å². The van der Waals surface area contributed by atoms with Gasteiger partial charge in [-0.1, -0.05) is 17.3 Å². The number of rotatable bonds is 8. The van der Waals surface area contributed by atoms with Crippen LogP contribution in [0.4, 0.5) is 0 Å². The molecule has 1 N–H and O–H groups in total. The molecule has 10 heteroatoms. The Morgan fingerprint density at radius 2 is 1.54 bits per heavy atom. The van der Waals surface area contributed by atoms with Crippen LogP contribution in [-0.4, -0.2) is 46.3 Å². The van der Waals surface area contributed by atoms with Crippen molar-refractivity contribution < 1.29 is 33.6 Å². The molecule has 0 aliphatic heterocycles. The third-order valence-electron chi connectivity index (χ3n) is 6.15. The van der Waals surface area contributed by atoms with Crippen LogP contribution in [0.2, 0.25) is 0 Å². The summed E-state index contributed by atoms with van der Waals surface area (Å²) in [7, 11) is 3.01. The molecule has 0 saturated heterocycles. The van der Waals surface area contributed by atoms with Gasteiger partial charge in [0.1, 0.15) is 39.6 Å². The lowest BCUT2D eigenvalue weighted by molar-refractivity contribution is 0.0688. The summed E-state index contributed by atoms with van der Waals surface area (Å²) >= 11 is 0. The largest absolute Gasteiger partial charge is 0.496 e. The van der Waals surface area contributed by atoms with Crippen LogP contribution in [0.1, 0.15) is 43.0 Å². The lowest BCUT2D eigenvalue weighted by Crippen LogP contribution is -2.16. The molecule has 3 aromatic carbocycles. The van der Waals surface area contributed by atoms with E-state index in [4.69, 9.17) is 18.9 Å². The fourth-order valence-corrected chi connectivity index (χ4v) is 4.27. The van der Waals surface area contributed by atoms with Crippen molar-refractivity contribution in [3.63, 3.8) is 0 Å². The third-order valence-corrected chi connectivity index (χ3v) is 6.15. The molecule has 1 aromatic heterocycles. The van der Waals surface area contributed by atoms with Crippen molar-refractivity contribution in [2.45, 2.75) is 34.4 Å². The van der Waals surface area contributed by atoms with Gasteiger partial charge in [-0.3, -0.25) is 0 Å². The van der Waals surface area contributed by atoms with E-state index in [1.807, 2.05) is 24.3 Å². The van der Waals surface area contributed by atoms with Crippen molar-refractivity contribution in [2.24, 2.45) is 0 Å². The van der Waals surface area contributed by atoms with E-state index < -0.39 is 11.9 Å². The van der Waals surface area contributed by atoms with Gasteiger partial charge in [-0.25, -0.2) is 14.3 Å². The van der Waals surface area contributed by atoms with Crippen molar-refractivity contribution >= 4 is 23.0 Å². The first-order chi connectivity index (χ1) is 17.7. The van der Waals surface area contributed by atoms with E-state index >= 15 is 0 Å². The zero-order valence-corrected chi connectivity index (χ0v) is 21.4. The molecule has 0 aliphatic rings. The SMILES string of the molecule is COc1cc(C)c(C(=O)Oc2cc(C)c(C(=O)O)c(OCn3nnc4ccccc43)c2C)c(OC)c1C. The maximum Gasteiger partial charge on any atom is 0.347 e. The predicted molar refractivity (Wildman–Crippen MR) is 135 cm³/mol. The summed E-state index contributed by atoms with van der Waals surface area (Å²) in [6.07, 6.45) is 0. The minimum Gasteiger partial charge on any atom is -0.496 e. The zero-order valence-electron chi connectivity index (χ0n) is 21.4. The smallest absolute Gasteiger partial charge is 0.347 e. The highest BCUT2D eigenvalue weighted by molar-refractivity contribution is 5.98. The standard InChI is InChI=1S/C27H27N3O7/c1-14-12-21(37-27(33)23-15(2)11-20(34-5)16(3)24(23)35-6)17(4)25(22(14)26(31)32)36-13-30-19-10-8-7-9-18(19)28-29-30/h7-12H,13H2,1-6H3,(H,31,32). The van der Waals surface area contributed by atoms with Crippen LogP contribution >= 0.6 is 0 Å². The summed E-state index contributed by atoms with van der Waals surface area (Å²) in [5, 5.41) is 18.1. The molecule has 0 unspecified atom stereocenters. The summed E-state index contributed by atoms with van der Waals surface area (Å²) in [5.41, 5.74) is 3.60. The Morgan fingerprint density at radius 1 is 0.892 bits per heavy atom. The second kappa shape index (κ2) is 10.2. The Hall–Kier alpha value is -4.60. The maximum absolute atomic E-state index is 13.3. The highest BCUT2D eigenvalue weighted by atomic mass is 16.5. The van der Waals surface area contributed by atoms with Gasteiger partial charge in [0.05, 0.1) is 19.7 Å². The maximum atomic E-state index is 13.3. The molecule has 0 fully saturated rings. The molecule has 192 valence electrons. The Balaban J connectivity index is 1.72. The highest BCUT2D eigenvalue weighted by Crippen LogP contribution is 2.38. The lowest BCUT2D eigenvalue weighted by atomic mass is 10.0. The van der Waals surface area contributed by atoms with Crippen LogP contribution < -0.4 is 18.9 Å². The topological polar surface area (TPSA) is 122 Å². The second-order valence-electron chi connectivity index (χ2n) is 8.50. The van der Waals surface area contributed by atoms with Gasteiger partial charge < -0.3 is 24.1 Å². The van der Waals surface area contributed by atoms with Gasteiger partial charge in [0, 0.05) is 11.1 Å². The molecule has 0 aliphatic carbocycles. The van der Waals surface area contributed by atoms with E-state index in [-0.39, 0.29) is 29.4 Å². The van der Waals surface area contributed by atoms with Crippen LogP contribution in [0, 0.1) is 27.7 Å². The molecule has 1 heterocycles. The number of nitrogens with zero attached hydrogens (tertiary/aromatic N) is 3. The first-order valence-corrected chi connectivity index (χ1v) is 11.4. The van der Waals surface area contributed by atoms with Gasteiger partial charge in [0.2, 0.25) is 0 Å². The second-order valence-corrected chi connectivity index (χ2v) is 8.50. The number of para-hydroxylation sites is 1. The number of aromatic nitrogens is 3. The number of hydrogen-bond donors (Lipinski definition) is 1. The van der Waals surface area contributed by atoms with Crippen LogP contribution in [0.5, 0.6) is 23.0 Å². The molecule has 0 radical (unpaired) electrons. The summed E-state index contributed by atoms with van der Waals surface area (Å²) in [4.78, 5) is 25.4. The first-order valence-electron chi connectivity index (χ1n) is 11.4. The quantitative estimate of drug-likeness (QED) is 0.270. The molecule has 0 bridgehead atoms. The van der Waals surface area contributed by atoms with Crippen LogP contribution in [-0.2, 0) is 6.73 Å². The van der Waals surface area contributed by atoms with Crippen molar-refractivity contribution in [1.29, 1.82) is 0 Å². The minimum atomic E-state index is -1.17. The average Bonchev–Trinajstić information content (AvgIpc) is 3.28. The Morgan fingerprint density at radius 3 is 2.22 bits per heavy atom. The fourth-order valence-electron chi connectivity index (χ4n) is 4.27. The number of fused-ring (bicyclic) bond motifs is 1. The summed E-state index contributed by atoms with van der Waals surface area (Å²) in [5.74, 6) is -0.655. The molecular formula is C27H27N3O7. The van der Waals surface area contributed by atoms with E-state index in [0.717, 1.165) is 5.52 Å². The fraction of sp³-hybridized carbons (Fsp3) is 0.259. The molecule has 0 saturated carbocycles. The minimum absolute atomic E-state index is 0.0317. The number of esters is 1. The summed E-state index contributed by atoms with van der Waals surface area (Å²) in [6.45, 7) is 6.69. The molecule has 4 aromatic rings. The highest BCUT2D eigenvalue weighted by Gasteiger charge is 2.26. The van der Waals surface area contributed by atoms with Gasteiger partial charge in [0.15, 0.2) is 6.73 Å². The summed E-state index contributed by atoms with van der Waals surface area (Å²) in [6, 6.07) is 10.6. The van der Waals surface area contributed by atoms with E-state index in [9.17, 15) is 14.7 Å². The first kappa shape index (κ1) is 25.5. The Kier molecular flexibility index (Phi) is 7.01. The van der Waals surface area contributed by atoms with Crippen molar-refractivity contribution in [3.05, 3.63) is 69.8 Å². The molecular weight excluding hydrogens is 478 g/mol. The van der Waals surface area contributed by atoms with Crippen molar-refractivity contribution in [3.8, 4) is 23.0 Å². The molecule has 10 nitrogen and oxygen atoms in total.